The summed E-state index contributed by atoms with van der Waals surface area (Å²) >= 11 is 0. The van der Waals surface area contributed by atoms with Crippen LogP contribution >= 0.6 is 0 Å². The first kappa shape index (κ1) is 22.5. The molecule has 0 saturated carbocycles. The Morgan fingerprint density at radius 1 is 0.900 bits per heavy atom. The van der Waals surface area contributed by atoms with Crippen molar-refractivity contribution in [3.63, 3.8) is 0 Å². The van der Waals surface area contributed by atoms with Crippen LogP contribution in [0.3, 0.4) is 0 Å². The minimum Gasteiger partial charge on any atom is -1.00 e. The number of rotatable bonds is 0. The largest absolute Gasteiger partial charge is 1.00 e. The normalized spacial score (nSPS) is 4.80. The summed E-state index contributed by atoms with van der Waals surface area (Å²) in [5, 5.41) is 29.5. The van der Waals surface area contributed by atoms with Crippen LogP contribution in [0.5, 0.6) is 0 Å². The van der Waals surface area contributed by atoms with Crippen LogP contribution in [0.1, 0.15) is 1.43 Å². The van der Waals surface area contributed by atoms with Gasteiger partial charge in [0.1, 0.15) is 0 Å². The van der Waals surface area contributed by atoms with Crippen molar-refractivity contribution in [1.29, 1.82) is 0 Å². The van der Waals surface area contributed by atoms with E-state index in [1.165, 1.54) is 0 Å². The third kappa shape index (κ3) is 58500. The van der Waals surface area contributed by atoms with Crippen LogP contribution in [0.15, 0.2) is 0 Å². The van der Waals surface area contributed by atoms with Crippen molar-refractivity contribution in [3.8, 4) is 0 Å². The molecule has 0 heterocycles. The predicted molar refractivity (Wildman–Crippen MR) is 21.8 cm³/mol. The van der Waals surface area contributed by atoms with E-state index in [2.05, 4.69) is 0 Å². The van der Waals surface area contributed by atoms with Crippen LogP contribution in [-0.4, -0.2) is 10.2 Å². The van der Waals surface area contributed by atoms with Crippen molar-refractivity contribution in [2.45, 2.75) is 0 Å². The third-order valence-electron chi connectivity index (χ3n) is 0. The van der Waals surface area contributed by atoms with Crippen LogP contribution < -0.4 is 29.6 Å². The van der Waals surface area contributed by atoms with E-state index in [0.29, 0.717) is 0 Å². The Bertz CT molecular complexity index is 78.6. The zero-order valence-corrected chi connectivity index (χ0v) is 7.80. The molecule has 0 N–H and O–H groups in total. The molecular weight excluding hydrogens is 203 g/mol. The minimum absolute atomic E-state index is 0. The van der Waals surface area contributed by atoms with Crippen molar-refractivity contribution in [3.05, 3.63) is 30.6 Å². The van der Waals surface area contributed by atoms with Crippen molar-refractivity contribution in [2.75, 3.05) is 0 Å². The Morgan fingerprint density at radius 3 is 0.900 bits per heavy atom. The van der Waals surface area contributed by atoms with Gasteiger partial charge >= 0.3 is 29.6 Å². The Labute approximate surface area is 88.7 Å². The van der Waals surface area contributed by atoms with E-state index in [1.807, 2.05) is 0 Å². The van der Waals surface area contributed by atoms with Crippen LogP contribution in [0, 0.1) is 30.6 Å². The fourth-order valence-electron chi connectivity index (χ4n) is 0. The Hall–Kier alpha value is -0.0805. The average Bonchev–Trinajstić information content (AvgIpc) is 1.25. The summed E-state index contributed by atoms with van der Waals surface area (Å²) in [6.45, 7) is 0. The van der Waals surface area contributed by atoms with Crippen LogP contribution in [0.2, 0.25) is 0 Å². The fourth-order valence-corrected chi connectivity index (χ4v) is 0. The number of hydrogen-bond acceptors (Lipinski definition) is 6. The van der Waals surface area contributed by atoms with Gasteiger partial charge in [0.05, 0.1) is 10.2 Å². The number of hydrogen-bond donors (Lipinski definition) is 0. The van der Waals surface area contributed by atoms with Gasteiger partial charge < -0.3 is 32.1 Å². The van der Waals surface area contributed by atoms with Crippen molar-refractivity contribution < 1.29 is 58.2 Å². The van der Waals surface area contributed by atoms with Crippen molar-refractivity contribution >= 4 is 0 Å². The second-order valence-electron chi connectivity index (χ2n) is 0.447. The Balaban J connectivity index is -0.0000000171. The quantitative estimate of drug-likeness (QED) is 0.229. The van der Waals surface area contributed by atoms with E-state index in [9.17, 15) is 0 Å². The van der Waals surface area contributed by atoms with Gasteiger partial charge in [-0.25, -0.2) is 0 Å². The monoisotopic (exact) mass is 204 g/mol. The molecule has 58 valence electrons. The van der Waals surface area contributed by atoms with E-state index in [-0.39, 0.29) is 48.1 Å². The summed E-state index contributed by atoms with van der Waals surface area (Å²) in [5.74, 6) is 0. The molecule has 0 bridgehead atoms. The molecule has 0 atom stereocenters. The van der Waals surface area contributed by atoms with Crippen molar-refractivity contribution in [2.24, 2.45) is 0 Å². The molecule has 0 aliphatic heterocycles. The molecule has 8 nitrogen and oxygen atoms in total. The van der Waals surface area contributed by atoms with Gasteiger partial charge in [0.15, 0.2) is 0 Å². The average molecular weight is 204 g/mol. The zero-order chi connectivity index (χ0) is 7.15. The maximum atomic E-state index is 8.25. The molecular formula is HFeN2NaO6-2. The molecule has 0 aromatic carbocycles. The molecule has 0 rings (SSSR count). The second-order valence-corrected chi connectivity index (χ2v) is 0.447. The Kier molecular flexibility index (Phi) is 36.0. The van der Waals surface area contributed by atoms with Crippen LogP contribution in [0.4, 0.5) is 0 Å². The van der Waals surface area contributed by atoms with Gasteiger partial charge in [-0.3, -0.25) is 0 Å². The standard InChI is InChI=1S/Fe.2NO3.Na.H/c;2*2-1(3)4;;/q;2*-1;+1;-1. The van der Waals surface area contributed by atoms with E-state index >= 15 is 0 Å². The van der Waals surface area contributed by atoms with Crippen LogP contribution in [-0.2, 0) is 17.1 Å². The van der Waals surface area contributed by atoms with Gasteiger partial charge in [-0.2, -0.15) is 0 Å². The molecule has 0 aromatic heterocycles. The van der Waals surface area contributed by atoms with Gasteiger partial charge in [0.25, 0.3) is 0 Å². The smallest absolute Gasteiger partial charge is 1.00 e. The molecule has 0 aromatic rings. The molecule has 0 amide bonds. The first-order chi connectivity index (χ1) is 3.46. The summed E-state index contributed by atoms with van der Waals surface area (Å²) < 4.78 is 0. The fraction of sp³-hybridized carbons (Fsp3) is 0. The summed E-state index contributed by atoms with van der Waals surface area (Å²) in [5.41, 5.74) is 0. The topological polar surface area (TPSA) is 132 Å². The van der Waals surface area contributed by atoms with E-state index in [4.69, 9.17) is 30.6 Å². The molecule has 0 spiro atoms. The van der Waals surface area contributed by atoms with Gasteiger partial charge in [-0.15, -0.1) is 0 Å². The van der Waals surface area contributed by atoms with E-state index in [0.717, 1.165) is 0 Å². The van der Waals surface area contributed by atoms with E-state index < -0.39 is 10.2 Å². The zero-order valence-electron chi connectivity index (χ0n) is 5.70. The predicted octanol–water partition coefficient (Wildman–Crippen LogP) is -3.36. The summed E-state index contributed by atoms with van der Waals surface area (Å²) in [6, 6.07) is 0. The molecule has 0 aliphatic carbocycles. The Morgan fingerprint density at radius 2 is 0.900 bits per heavy atom. The summed E-state index contributed by atoms with van der Waals surface area (Å²) in [7, 11) is 0. The maximum Gasteiger partial charge on any atom is 1.00 e. The van der Waals surface area contributed by atoms with Gasteiger partial charge in [-0.1, -0.05) is 0 Å². The van der Waals surface area contributed by atoms with Crippen LogP contribution in [0.25, 0.3) is 0 Å². The number of nitrogens with zero attached hydrogens (tertiary/aromatic N) is 2. The summed E-state index contributed by atoms with van der Waals surface area (Å²) in [6.07, 6.45) is 0. The second kappa shape index (κ2) is 16.0. The molecule has 0 aliphatic rings. The van der Waals surface area contributed by atoms with Gasteiger partial charge in [0.2, 0.25) is 0 Å². The first-order valence-corrected chi connectivity index (χ1v) is 1.10. The SMILES string of the molecule is O=[N+]([O-])[O-].O=[N+]([O-])[O-].[Fe].[H-].[Na+]. The molecule has 0 saturated heterocycles. The van der Waals surface area contributed by atoms with Crippen molar-refractivity contribution in [1.82, 2.24) is 0 Å². The molecule has 10 heteroatoms. The maximum absolute atomic E-state index is 8.25. The molecule has 0 radical (unpaired) electrons. The first-order valence-electron chi connectivity index (χ1n) is 1.10. The van der Waals surface area contributed by atoms with E-state index in [1.54, 1.807) is 0 Å². The molecule has 10 heavy (non-hydrogen) atoms. The molecule has 0 fully saturated rings. The minimum atomic E-state index is -1.75. The van der Waals surface area contributed by atoms with Gasteiger partial charge in [0, 0.05) is 17.1 Å². The van der Waals surface area contributed by atoms with Gasteiger partial charge in [-0.05, 0) is 0 Å². The molecule has 0 unspecified atom stereocenters. The third-order valence-corrected chi connectivity index (χ3v) is 0. The summed E-state index contributed by atoms with van der Waals surface area (Å²) in [4.78, 5) is 16.5.